The van der Waals surface area contributed by atoms with E-state index in [4.69, 9.17) is 4.74 Å². The maximum Gasteiger partial charge on any atom is 0.389 e. The zero-order chi connectivity index (χ0) is 26.6. The van der Waals surface area contributed by atoms with Crippen molar-refractivity contribution in [1.82, 2.24) is 25.6 Å². The standard InChI is InChI=1S/C23H17F6N5O3/c24-17-10-14(36-9-1-8-23(27,28)29)6-7-15(17)18-11-16(12-2-4-13(5-3-12)37-22(25)26)19(21(35)30-18)20-31-33-34-32-20/h2-7,10-11,22H,1,8-9H2,(H,30,35)(H,31,32,33,34). The Morgan fingerprint density at radius 3 is 2.32 bits per heavy atom. The molecule has 2 N–H and O–H groups in total. The molecule has 2 heterocycles. The van der Waals surface area contributed by atoms with Crippen molar-refractivity contribution in [3.05, 3.63) is 64.7 Å². The van der Waals surface area contributed by atoms with Gasteiger partial charge >= 0.3 is 12.8 Å². The Morgan fingerprint density at radius 2 is 1.70 bits per heavy atom. The van der Waals surface area contributed by atoms with E-state index in [9.17, 15) is 31.1 Å². The first-order valence-electron chi connectivity index (χ1n) is 10.7. The largest absolute Gasteiger partial charge is 0.493 e. The van der Waals surface area contributed by atoms with Gasteiger partial charge in [0.1, 0.15) is 17.3 Å². The van der Waals surface area contributed by atoms with Crippen LogP contribution in [0.2, 0.25) is 0 Å². The van der Waals surface area contributed by atoms with Crippen LogP contribution in [-0.2, 0) is 0 Å². The van der Waals surface area contributed by atoms with Gasteiger partial charge < -0.3 is 14.5 Å². The van der Waals surface area contributed by atoms with Gasteiger partial charge in [-0.15, -0.1) is 10.2 Å². The molecule has 0 fully saturated rings. The molecule has 8 nitrogen and oxygen atoms in total. The number of nitrogens with one attached hydrogen (secondary N) is 2. The quantitative estimate of drug-likeness (QED) is 0.226. The Kier molecular flexibility index (Phi) is 7.45. The van der Waals surface area contributed by atoms with Gasteiger partial charge in [0.25, 0.3) is 5.56 Å². The van der Waals surface area contributed by atoms with Crippen molar-refractivity contribution in [3.8, 4) is 45.3 Å². The van der Waals surface area contributed by atoms with E-state index >= 15 is 0 Å². The highest BCUT2D eigenvalue weighted by molar-refractivity contribution is 5.83. The van der Waals surface area contributed by atoms with Crippen molar-refractivity contribution in [2.75, 3.05) is 6.61 Å². The lowest BCUT2D eigenvalue weighted by Crippen LogP contribution is -2.13. The van der Waals surface area contributed by atoms with Gasteiger partial charge in [0.15, 0.2) is 0 Å². The van der Waals surface area contributed by atoms with Gasteiger partial charge in [0.05, 0.1) is 17.9 Å². The van der Waals surface area contributed by atoms with Crippen LogP contribution in [-0.4, -0.2) is 45.0 Å². The van der Waals surface area contributed by atoms with Crippen molar-refractivity contribution in [2.45, 2.75) is 25.6 Å². The first kappa shape index (κ1) is 25.7. The smallest absolute Gasteiger partial charge is 0.389 e. The number of hydrogen-bond donors (Lipinski definition) is 2. The lowest BCUT2D eigenvalue weighted by Gasteiger charge is -2.13. The summed E-state index contributed by atoms with van der Waals surface area (Å²) in [6, 6.07) is 10.5. The average molecular weight is 525 g/mol. The Morgan fingerprint density at radius 1 is 0.973 bits per heavy atom. The van der Waals surface area contributed by atoms with Gasteiger partial charge in [-0.2, -0.15) is 27.2 Å². The highest BCUT2D eigenvalue weighted by Gasteiger charge is 2.26. The van der Waals surface area contributed by atoms with Crippen LogP contribution in [0.15, 0.2) is 53.3 Å². The summed E-state index contributed by atoms with van der Waals surface area (Å²) in [5.41, 5.74) is -0.0345. The van der Waals surface area contributed by atoms with Crippen LogP contribution >= 0.6 is 0 Å². The number of alkyl halides is 5. The van der Waals surface area contributed by atoms with E-state index in [-0.39, 0.29) is 52.7 Å². The number of hydrogen-bond acceptors (Lipinski definition) is 6. The lowest BCUT2D eigenvalue weighted by molar-refractivity contribution is -0.136. The fourth-order valence-corrected chi connectivity index (χ4v) is 3.50. The summed E-state index contributed by atoms with van der Waals surface area (Å²) in [6.45, 7) is -3.28. The number of halogens is 6. The molecule has 0 unspecified atom stereocenters. The summed E-state index contributed by atoms with van der Waals surface area (Å²) in [5.74, 6) is -0.951. The number of aromatic nitrogens is 5. The van der Waals surface area contributed by atoms with E-state index in [0.29, 0.717) is 5.56 Å². The number of aromatic amines is 2. The summed E-state index contributed by atoms with van der Waals surface area (Å²) in [6.07, 6.45) is -5.63. The zero-order valence-electron chi connectivity index (χ0n) is 18.7. The van der Waals surface area contributed by atoms with Crippen molar-refractivity contribution >= 4 is 0 Å². The van der Waals surface area contributed by atoms with Crippen molar-refractivity contribution in [1.29, 1.82) is 0 Å². The number of pyridine rings is 1. The molecule has 0 spiro atoms. The second-order valence-electron chi connectivity index (χ2n) is 7.65. The van der Waals surface area contributed by atoms with Crippen molar-refractivity contribution in [3.63, 3.8) is 0 Å². The molecule has 14 heteroatoms. The Bertz CT molecular complexity index is 1410. The first-order valence-corrected chi connectivity index (χ1v) is 10.7. The van der Waals surface area contributed by atoms with E-state index in [2.05, 4.69) is 30.3 Å². The van der Waals surface area contributed by atoms with E-state index < -0.39 is 30.6 Å². The topological polar surface area (TPSA) is 106 Å². The van der Waals surface area contributed by atoms with E-state index in [0.717, 1.165) is 6.07 Å². The summed E-state index contributed by atoms with van der Waals surface area (Å²) in [5, 5.41) is 13.3. The minimum atomic E-state index is -4.31. The fraction of sp³-hybridized carbons (Fsp3) is 0.217. The lowest BCUT2D eigenvalue weighted by atomic mass is 9.98. The van der Waals surface area contributed by atoms with Crippen LogP contribution in [0.1, 0.15) is 12.8 Å². The molecule has 0 saturated carbocycles. The fourth-order valence-electron chi connectivity index (χ4n) is 3.50. The van der Waals surface area contributed by atoms with Gasteiger partial charge in [-0.3, -0.25) is 4.79 Å². The summed E-state index contributed by atoms with van der Waals surface area (Å²) in [4.78, 5) is 15.6. The Hall–Kier alpha value is -4.36. The molecule has 0 atom stereocenters. The van der Waals surface area contributed by atoms with Crippen LogP contribution in [0.3, 0.4) is 0 Å². The highest BCUT2D eigenvalue weighted by atomic mass is 19.4. The van der Waals surface area contributed by atoms with Crippen molar-refractivity contribution in [2.24, 2.45) is 0 Å². The third kappa shape index (κ3) is 6.45. The van der Waals surface area contributed by atoms with Gasteiger partial charge in [-0.1, -0.05) is 12.1 Å². The molecule has 0 radical (unpaired) electrons. The molecular formula is C23H17F6N5O3. The van der Waals surface area contributed by atoms with Gasteiger partial charge in [0, 0.05) is 23.6 Å². The van der Waals surface area contributed by atoms with Gasteiger partial charge in [-0.25, -0.2) is 4.39 Å². The molecule has 37 heavy (non-hydrogen) atoms. The van der Waals surface area contributed by atoms with Crippen LogP contribution in [0.4, 0.5) is 26.3 Å². The second kappa shape index (κ2) is 10.7. The Balaban J connectivity index is 1.68. The minimum Gasteiger partial charge on any atom is -0.493 e. The summed E-state index contributed by atoms with van der Waals surface area (Å²) >= 11 is 0. The number of ether oxygens (including phenoxy) is 2. The normalized spacial score (nSPS) is 11.6. The number of nitrogens with zero attached hydrogens (tertiary/aromatic N) is 3. The third-order valence-electron chi connectivity index (χ3n) is 5.10. The summed E-state index contributed by atoms with van der Waals surface area (Å²) in [7, 11) is 0. The van der Waals surface area contributed by atoms with Crippen LogP contribution in [0, 0.1) is 5.82 Å². The molecule has 0 bridgehead atoms. The predicted molar refractivity (Wildman–Crippen MR) is 118 cm³/mol. The molecular weight excluding hydrogens is 508 g/mol. The Labute approximate surface area is 204 Å². The number of tetrazole rings is 1. The predicted octanol–water partition coefficient (Wildman–Crippen LogP) is 5.35. The molecule has 0 amide bonds. The van der Waals surface area contributed by atoms with Crippen LogP contribution in [0.25, 0.3) is 33.8 Å². The number of benzene rings is 2. The van der Waals surface area contributed by atoms with Gasteiger partial charge in [-0.05, 0) is 47.5 Å². The maximum atomic E-state index is 14.9. The first-order chi connectivity index (χ1) is 17.6. The molecule has 0 aliphatic rings. The molecule has 194 valence electrons. The van der Waals surface area contributed by atoms with E-state index in [1.54, 1.807) is 0 Å². The molecule has 4 aromatic rings. The molecule has 0 aliphatic heterocycles. The zero-order valence-corrected chi connectivity index (χ0v) is 18.7. The second-order valence-corrected chi connectivity index (χ2v) is 7.65. The number of rotatable bonds is 9. The van der Waals surface area contributed by atoms with Gasteiger partial charge in [0.2, 0.25) is 5.82 Å². The SMILES string of the molecule is O=c1[nH]c(-c2ccc(OCCCC(F)(F)F)cc2F)cc(-c2ccc(OC(F)F)cc2)c1-c1nn[nH]n1. The molecule has 4 rings (SSSR count). The van der Waals surface area contributed by atoms with Crippen molar-refractivity contribution < 1.29 is 35.8 Å². The minimum absolute atomic E-state index is 0.00921. The van der Waals surface area contributed by atoms with E-state index in [1.807, 2.05) is 0 Å². The number of H-pyrrole nitrogens is 2. The molecule has 2 aromatic heterocycles. The molecule has 2 aromatic carbocycles. The average Bonchev–Trinajstić information content (AvgIpc) is 3.35. The third-order valence-corrected chi connectivity index (χ3v) is 5.10. The van der Waals surface area contributed by atoms with Crippen LogP contribution in [0.5, 0.6) is 11.5 Å². The monoisotopic (exact) mass is 525 g/mol. The molecule has 0 aliphatic carbocycles. The summed E-state index contributed by atoms with van der Waals surface area (Å²) < 4.78 is 86.3. The van der Waals surface area contributed by atoms with E-state index in [1.165, 1.54) is 42.5 Å². The highest BCUT2D eigenvalue weighted by Crippen LogP contribution is 2.33. The van der Waals surface area contributed by atoms with Crippen LogP contribution < -0.4 is 15.0 Å². The maximum absolute atomic E-state index is 14.9. The molecule has 0 saturated heterocycles.